The molecule has 10 heteroatoms. The molecule has 0 saturated heterocycles. The van der Waals surface area contributed by atoms with Gasteiger partial charge in [-0.1, -0.05) is 0 Å². The van der Waals surface area contributed by atoms with Gasteiger partial charge in [0.15, 0.2) is 5.82 Å². The van der Waals surface area contributed by atoms with Gasteiger partial charge in [0.25, 0.3) is 0 Å². The van der Waals surface area contributed by atoms with Crippen LogP contribution in [0.1, 0.15) is 18.3 Å². The zero-order valence-corrected chi connectivity index (χ0v) is 13.6. The quantitative estimate of drug-likeness (QED) is 0.694. The minimum atomic E-state index is -0.780. The molecule has 0 saturated carbocycles. The Balaban J connectivity index is 1.72. The van der Waals surface area contributed by atoms with Crippen LogP contribution in [0.4, 0.5) is 11.6 Å². The number of nitrogens with zero attached hydrogens (tertiary/aromatic N) is 4. The van der Waals surface area contributed by atoms with E-state index in [0.717, 1.165) is 0 Å². The van der Waals surface area contributed by atoms with E-state index in [1.54, 1.807) is 31.6 Å². The highest BCUT2D eigenvalue weighted by atomic mass is 16.5. The number of pyridine rings is 1. The van der Waals surface area contributed by atoms with Gasteiger partial charge in [-0.2, -0.15) is 10.1 Å². The molecule has 0 aromatic carbocycles. The molecule has 2 aromatic rings. The summed E-state index contributed by atoms with van der Waals surface area (Å²) in [6, 6.07) is 2.55. The lowest BCUT2D eigenvalue weighted by Crippen LogP contribution is -2.36. The van der Waals surface area contributed by atoms with Crippen molar-refractivity contribution in [2.24, 2.45) is 0 Å². The fourth-order valence-corrected chi connectivity index (χ4v) is 2.34. The normalized spacial score (nSPS) is 16.2. The summed E-state index contributed by atoms with van der Waals surface area (Å²) in [4.78, 5) is 32.5. The van der Waals surface area contributed by atoms with Gasteiger partial charge in [-0.25, -0.2) is 4.68 Å². The molecule has 2 N–H and O–H groups in total. The van der Waals surface area contributed by atoms with Gasteiger partial charge in [-0.05, 0) is 12.1 Å². The predicted octanol–water partition coefficient (Wildman–Crippen LogP) is 0.358. The molecular formula is C15H18N6O4. The molecule has 1 aliphatic rings. The average molecular weight is 346 g/mol. The first-order valence-corrected chi connectivity index (χ1v) is 7.70. The van der Waals surface area contributed by atoms with E-state index in [1.807, 2.05) is 0 Å². The summed E-state index contributed by atoms with van der Waals surface area (Å²) >= 11 is 0. The van der Waals surface area contributed by atoms with Crippen LogP contribution in [-0.4, -0.2) is 51.9 Å². The first kappa shape index (κ1) is 17.0. The number of anilines is 2. The fraction of sp³-hybridized carbons (Fsp3) is 0.400. The van der Waals surface area contributed by atoms with Crippen LogP contribution in [-0.2, 0) is 25.7 Å². The Hall–Kier alpha value is -2.85. The zero-order valence-electron chi connectivity index (χ0n) is 13.6. The maximum Gasteiger partial charge on any atom is 0.249 e. The van der Waals surface area contributed by atoms with E-state index in [1.165, 1.54) is 4.68 Å². The lowest BCUT2D eigenvalue weighted by Gasteiger charge is -2.22. The Morgan fingerprint density at radius 1 is 1.40 bits per heavy atom. The molecule has 0 bridgehead atoms. The van der Waals surface area contributed by atoms with E-state index >= 15 is 0 Å². The lowest BCUT2D eigenvalue weighted by molar-refractivity contribution is -0.125. The van der Waals surface area contributed by atoms with Crippen molar-refractivity contribution >= 4 is 23.5 Å². The van der Waals surface area contributed by atoms with Gasteiger partial charge < -0.3 is 14.8 Å². The average Bonchev–Trinajstić information content (AvgIpc) is 3.01. The maximum absolute atomic E-state index is 12.5. The highest BCUT2D eigenvalue weighted by Crippen LogP contribution is 2.24. The van der Waals surface area contributed by atoms with E-state index in [4.69, 9.17) is 9.47 Å². The topological polar surface area (TPSA) is 120 Å². The van der Waals surface area contributed by atoms with Crippen molar-refractivity contribution in [2.45, 2.75) is 19.1 Å². The van der Waals surface area contributed by atoms with Gasteiger partial charge in [0.05, 0.1) is 19.6 Å². The SMILES string of the molecule is COCCOCc1nc2n(n1)[C@@H](C(=O)Nc1ccncc1)CC(=O)N2. The molecule has 132 valence electrons. The smallest absolute Gasteiger partial charge is 0.249 e. The number of amides is 2. The molecule has 0 aliphatic carbocycles. The summed E-state index contributed by atoms with van der Waals surface area (Å²) in [5.74, 6) is -0.0211. The van der Waals surface area contributed by atoms with Gasteiger partial charge in [0, 0.05) is 25.2 Å². The Bertz CT molecular complexity index is 748. The number of hydrogen-bond acceptors (Lipinski definition) is 7. The molecule has 25 heavy (non-hydrogen) atoms. The Kier molecular flexibility index (Phi) is 5.31. The van der Waals surface area contributed by atoms with E-state index < -0.39 is 6.04 Å². The number of carbonyl (C=O) groups excluding carboxylic acids is 2. The van der Waals surface area contributed by atoms with Crippen LogP contribution in [0.25, 0.3) is 0 Å². The fourth-order valence-electron chi connectivity index (χ4n) is 2.34. The van der Waals surface area contributed by atoms with E-state index in [0.29, 0.717) is 24.7 Å². The lowest BCUT2D eigenvalue weighted by atomic mass is 10.1. The van der Waals surface area contributed by atoms with Crippen molar-refractivity contribution in [3.63, 3.8) is 0 Å². The van der Waals surface area contributed by atoms with Gasteiger partial charge >= 0.3 is 0 Å². The highest BCUT2D eigenvalue weighted by molar-refractivity contribution is 6.00. The largest absolute Gasteiger partial charge is 0.382 e. The van der Waals surface area contributed by atoms with Crippen LogP contribution < -0.4 is 10.6 Å². The second-order valence-corrected chi connectivity index (χ2v) is 5.33. The molecule has 2 amide bonds. The van der Waals surface area contributed by atoms with Crippen molar-refractivity contribution in [3.8, 4) is 0 Å². The molecule has 0 spiro atoms. The Labute approximate surface area is 143 Å². The predicted molar refractivity (Wildman–Crippen MR) is 86.7 cm³/mol. The van der Waals surface area contributed by atoms with Crippen molar-refractivity contribution in [1.82, 2.24) is 19.7 Å². The molecule has 3 heterocycles. The summed E-state index contributed by atoms with van der Waals surface area (Å²) in [5, 5.41) is 9.64. The minimum absolute atomic E-state index is 0.0166. The number of nitrogens with one attached hydrogen (secondary N) is 2. The number of carbonyl (C=O) groups is 2. The van der Waals surface area contributed by atoms with Crippen LogP contribution >= 0.6 is 0 Å². The second kappa shape index (κ2) is 7.81. The van der Waals surface area contributed by atoms with E-state index in [-0.39, 0.29) is 30.8 Å². The number of ether oxygens (including phenoxy) is 2. The Morgan fingerprint density at radius 2 is 2.20 bits per heavy atom. The summed E-state index contributed by atoms with van der Waals surface area (Å²) in [5.41, 5.74) is 0.593. The summed E-state index contributed by atoms with van der Waals surface area (Å²) in [6.45, 7) is 1.03. The number of fused-ring (bicyclic) bond motifs is 1. The first-order valence-electron chi connectivity index (χ1n) is 7.70. The van der Waals surface area contributed by atoms with Crippen LogP contribution in [0.15, 0.2) is 24.5 Å². The van der Waals surface area contributed by atoms with Gasteiger partial charge in [0.2, 0.25) is 17.8 Å². The molecule has 10 nitrogen and oxygen atoms in total. The molecule has 0 radical (unpaired) electrons. The van der Waals surface area contributed by atoms with Crippen LogP contribution in [0.2, 0.25) is 0 Å². The molecule has 1 aliphatic heterocycles. The van der Waals surface area contributed by atoms with Crippen LogP contribution in [0.3, 0.4) is 0 Å². The number of aromatic nitrogens is 4. The van der Waals surface area contributed by atoms with Crippen molar-refractivity contribution < 1.29 is 19.1 Å². The summed E-state index contributed by atoms with van der Waals surface area (Å²) < 4.78 is 11.7. The van der Waals surface area contributed by atoms with Gasteiger partial charge in [-0.15, -0.1) is 0 Å². The monoisotopic (exact) mass is 346 g/mol. The van der Waals surface area contributed by atoms with E-state index in [2.05, 4.69) is 25.7 Å². The summed E-state index contributed by atoms with van der Waals surface area (Å²) in [7, 11) is 1.58. The van der Waals surface area contributed by atoms with Gasteiger partial charge in [-0.3, -0.25) is 19.9 Å². The zero-order chi connectivity index (χ0) is 17.6. The van der Waals surface area contributed by atoms with Crippen LogP contribution in [0, 0.1) is 0 Å². The third kappa shape index (κ3) is 4.17. The Morgan fingerprint density at radius 3 is 2.96 bits per heavy atom. The standard InChI is InChI=1S/C15H18N6O4/c1-24-6-7-25-9-12-18-15-19-13(22)8-11(21(15)20-12)14(23)17-10-2-4-16-5-3-10/h2-5,11H,6-9H2,1H3,(H,16,17,23)(H,18,19,20,22)/t11-/m1/s1. The van der Waals surface area contributed by atoms with Crippen molar-refractivity contribution in [1.29, 1.82) is 0 Å². The molecule has 3 rings (SSSR count). The molecule has 2 aromatic heterocycles. The molecule has 1 atom stereocenters. The third-order valence-electron chi connectivity index (χ3n) is 3.51. The maximum atomic E-state index is 12.5. The van der Waals surface area contributed by atoms with Crippen molar-refractivity contribution in [2.75, 3.05) is 31.0 Å². The second-order valence-electron chi connectivity index (χ2n) is 5.33. The molecule has 0 unspecified atom stereocenters. The molecule has 0 fully saturated rings. The van der Waals surface area contributed by atoms with Gasteiger partial charge in [0.1, 0.15) is 12.6 Å². The number of hydrogen-bond donors (Lipinski definition) is 2. The highest BCUT2D eigenvalue weighted by Gasteiger charge is 2.33. The number of methoxy groups -OCH3 is 1. The van der Waals surface area contributed by atoms with E-state index in [9.17, 15) is 9.59 Å². The third-order valence-corrected chi connectivity index (χ3v) is 3.51. The molecular weight excluding hydrogens is 328 g/mol. The summed E-state index contributed by atoms with van der Waals surface area (Å²) in [6.07, 6.45) is 3.12. The van der Waals surface area contributed by atoms with Crippen molar-refractivity contribution in [3.05, 3.63) is 30.4 Å². The first-order chi connectivity index (χ1) is 12.2. The minimum Gasteiger partial charge on any atom is -0.382 e. The van der Waals surface area contributed by atoms with Crippen LogP contribution in [0.5, 0.6) is 0 Å². The number of rotatable bonds is 7.